The van der Waals surface area contributed by atoms with E-state index in [2.05, 4.69) is 4.98 Å². The van der Waals surface area contributed by atoms with Crippen molar-refractivity contribution < 1.29 is 19.0 Å². The van der Waals surface area contributed by atoms with Gasteiger partial charge in [0.1, 0.15) is 11.4 Å². The Balaban J connectivity index is 1.14. The normalized spacial score (nSPS) is 25.1. The predicted octanol–water partition coefficient (Wildman–Crippen LogP) is 2.36. The van der Waals surface area contributed by atoms with Gasteiger partial charge in [-0.05, 0) is 35.7 Å². The minimum atomic E-state index is -0.405. The molecule has 28 heavy (non-hydrogen) atoms. The third kappa shape index (κ3) is 3.38. The molecule has 0 radical (unpaired) electrons. The second-order valence-electron chi connectivity index (χ2n) is 7.93. The number of amides is 1. The van der Waals surface area contributed by atoms with E-state index >= 15 is 0 Å². The van der Waals surface area contributed by atoms with Crippen LogP contribution in [0.2, 0.25) is 0 Å². The van der Waals surface area contributed by atoms with Gasteiger partial charge in [-0.2, -0.15) is 0 Å². The first-order valence-electron chi connectivity index (χ1n) is 9.89. The molecule has 146 valence electrons. The Kier molecular flexibility index (Phi) is 4.53. The van der Waals surface area contributed by atoms with E-state index in [1.54, 1.807) is 12.4 Å². The smallest absolute Gasteiger partial charge is 0.264 e. The molecule has 5 rings (SSSR count). The fourth-order valence-electron chi connectivity index (χ4n) is 4.37. The highest BCUT2D eigenvalue weighted by molar-refractivity contribution is 5.83. The van der Waals surface area contributed by atoms with Crippen LogP contribution in [0.3, 0.4) is 0 Å². The van der Waals surface area contributed by atoms with Crippen LogP contribution in [0.5, 0.6) is 5.75 Å². The molecule has 0 aliphatic carbocycles. The van der Waals surface area contributed by atoms with Gasteiger partial charge in [-0.15, -0.1) is 0 Å². The van der Waals surface area contributed by atoms with Crippen molar-refractivity contribution in [2.24, 2.45) is 0 Å². The number of pyridine rings is 1. The molecule has 6 nitrogen and oxygen atoms in total. The summed E-state index contributed by atoms with van der Waals surface area (Å²) in [7, 11) is 0. The predicted molar refractivity (Wildman–Crippen MR) is 102 cm³/mol. The molecular formula is C22H24N2O4. The van der Waals surface area contributed by atoms with Crippen LogP contribution in [-0.2, 0) is 27.3 Å². The highest BCUT2D eigenvalue weighted by atomic mass is 16.5. The van der Waals surface area contributed by atoms with Crippen LogP contribution in [0.1, 0.15) is 24.0 Å². The average molecular weight is 380 g/mol. The highest BCUT2D eigenvalue weighted by Gasteiger charge is 2.51. The Hall–Kier alpha value is -2.44. The van der Waals surface area contributed by atoms with E-state index in [0.29, 0.717) is 32.7 Å². The summed E-state index contributed by atoms with van der Waals surface area (Å²) in [6.45, 7) is 2.50. The van der Waals surface area contributed by atoms with Crippen LogP contribution in [-0.4, -0.2) is 53.3 Å². The maximum Gasteiger partial charge on any atom is 0.264 e. The van der Waals surface area contributed by atoms with Gasteiger partial charge in [-0.1, -0.05) is 18.2 Å². The lowest BCUT2D eigenvalue weighted by Crippen LogP contribution is -2.68. The van der Waals surface area contributed by atoms with Crippen LogP contribution in [0.15, 0.2) is 48.8 Å². The summed E-state index contributed by atoms with van der Waals surface area (Å²) in [5, 5.41) is 0. The van der Waals surface area contributed by atoms with Crippen molar-refractivity contribution in [1.82, 2.24) is 9.88 Å². The molecule has 4 heterocycles. The topological polar surface area (TPSA) is 60.9 Å². The van der Waals surface area contributed by atoms with Gasteiger partial charge in [0.15, 0.2) is 6.10 Å². The van der Waals surface area contributed by atoms with Gasteiger partial charge in [-0.25, -0.2) is 0 Å². The van der Waals surface area contributed by atoms with E-state index in [1.165, 1.54) is 0 Å². The molecule has 2 aromatic rings. The summed E-state index contributed by atoms with van der Waals surface area (Å²) in [5.41, 5.74) is 1.97. The fraction of sp³-hybridized carbons (Fsp3) is 0.455. The molecule has 0 bridgehead atoms. The molecule has 2 saturated heterocycles. The quantitative estimate of drug-likeness (QED) is 0.815. The lowest BCUT2D eigenvalue weighted by atomic mass is 9.84. The minimum Gasteiger partial charge on any atom is -0.480 e. The van der Waals surface area contributed by atoms with E-state index < -0.39 is 6.10 Å². The van der Waals surface area contributed by atoms with Crippen molar-refractivity contribution in [1.29, 1.82) is 0 Å². The number of hydrogen-bond donors (Lipinski definition) is 0. The lowest BCUT2D eigenvalue weighted by molar-refractivity contribution is -0.205. The number of fused-ring (bicyclic) bond motifs is 1. The van der Waals surface area contributed by atoms with Gasteiger partial charge in [-0.3, -0.25) is 9.78 Å². The Morgan fingerprint density at radius 2 is 2.04 bits per heavy atom. The second-order valence-corrected chi connectivity index (χ2v) is 7.93. The largest absolute Gasteiger partial charge is 0.480 e. The number of ether oxygens (including phenoxy) is 3. The molecule has 1 aromatic heterocycles. The van der Waals surface area contributed by atoms with Crippen molar-refractivity contribution in [3.63, 3.8) is 0 Å². The number of nitrogens with zero attached hydrogens (tertiary/aromatic N) is 2. The Morgan fingerprint density at radius 1 is 1.21 bits per heavy atom. The monoisotopic (exact) mass is 380 g/mol. The Morgan fingerprint density at radius 3 is 2.86 bits per heavy atom. The first kappa shape index (κ1) is 17.6. The highest BCUT2D eigenvalue weighted by Crippen LogP contribution is 2.37. The molecule has 0 saturated carbocycles. The number of hydrogen-bond acceptors (Lipinski definition) is 5. The van der Waals surface area contributed by atoms with Crippen molar-refractivity contribution in [2.45, 2.75) is 43.7 Å². The van der Waals surface area contributed by atoms with Crippen LogP contribution in [0.4, 0.5) is 0 Å². The second kappa shape index (κ2) is 7.18. The van der Waals surface area contributed by atoms with Gasteiger partial charge >= 0.3 is 0 Å². The summed E-state index contributed by atoms with van der Waals surface area (Å²) in [6, 6.07) is 11.8. The van der Waals surface area contributed by atoms with E-state index in [9.17, 15) is 4.79 Å². The summed E-state index contributed by atoms with van der Waals surface area (Å²) >= 11 is 0. The average Bonchev–Trinajstić information content (AvgIpc) is 3.15. The fourth-order valence-corrected chi connectivity index (χ4v) is 4.37. The number of rotatable bonds is 4. The zero-order valence-corrected chi connectivity index (χ0v) is 15.8. The van der Waals surface area contributed by atoms with Gasteiger partial charge in [0.25, 0.3) is 5.91 Å². The number of likely N-dealkylation sites (tertiary alicyclic amines) is 1. The van der Waals surface area contributed by atoms with Crippen molar-refractivity contribution in [3.05, 3.63) is 59.9 Å². The molecule has 6 heteroatoms. The molecular weight excluding hydrogens is 356 g/mol. The molecule has 2 fully saturated rings. The van der Waals surface area contributed by atoms with Crippen molar-refractivity contribution >= 4 is 5.91 Å². The third-order valence-electron chi connectivity index (χ3n) is 5.88. The van der Waals surface area contributed by atoms with Crippen LogP contribution in [0.25, 0.3) is 0 Å². The van der Waals surface area contributed by atoms with Crippen molar-refractivity contribution in [2.75, 3.05) is 19.7 Å². The lowest BCUT2D eigenvalue weighted by Gasteiger charge is -2.53. The van der Waals surface area contributed by atoms with E-state index in [1.807, 2.05) is 41.3 Å². The van der Waals surface area contributed by atoms with Gasteiger partial charge in [0.05, 0.1) is 25.8 Å². The van der Waals surface area contributed by atoms with Crippen LogP contribution >= 0.6 is 0 Å². The first-order valence-corrected chi connectivity index (χ1v) is 9.89. The Bertz CT molecular complexity index is 826. The van der Waals surface area contributed by atoms with Crippen molar-refractivity contribution in [3.8, 4) is 5.75 Å². The molecule has 1 spiro atoms. The minimum absolute atomic E-state index is 0.0604. The molecule has 2 atom stereocenters. The molecule has 0 unspecified atom stereocenters. The summed E-state index contributed by atoms with van der Waals surface area (Å²) < 4.78 is 18.0. The van der Waals surface area contributed by atoms with E-state index in [-0.39, 0.29) is 17.6 Å². The SMILES string of the molecule is O=C([C@H]1Cc2ccccc2O1)N1CC2(C[C@H](OCc3ccncc3)CCO2)C1. The molecule has 1 amide bonds. The standard InChI is InChI=1S/C22H24N2O4/c25-21(20-11-17-3-1-2-4-19(17)28-20)24-14-22(15-24)12-18(7-10-27-22)26-13-16-5-8-23-9-6-16/h1-6,8-9,18,20H,7,10-15H2/t18-,20-/m1/s1. The zero-order chi connectivity index (χ0) is 19.0. The number of carbonyl (C=O) groups is 1. The van der Waals surface area contributed by atoms with Crippen LogP contribution in [0, 0.1) is 0 Å². The molecule has 3 aliphatic heterocycles. The van der Waals surface area contributed by atoms with Crippen LogP contribution < -0.4 is 4.74 Å². The van der Waals surface area contributed by atoms with Gasteiger partial charge in [0.2, 0.25) is 0 Å². The molecule has 0 N–H and O–H groups in total. The van der Waals surface area contributed by atoms with E-state index in [4.69, 9.17) is 14.2 Å². The Labute approximate surface area is 164 Å². The number of carbonyl (C=O) groups excluding carboxylic acids is 1. The summed E-state index contributed by atoms with van der Waals surface area (Å²) in [5.74, 6) is 0.889. The van der Waals surface area contributed by atoms with Gasteiger partial charge < -0.3 is 19.1 Å². The van der Waals surface area contributed by atoms with Gasteiger partial charge in [0, 0.05) is 31.8 Å². The maximum atomic E-state index is 12.8. The van der Waals surface area contributed by atoms with E-state index in [0.717, 1.165) is 29.7 Å². The maximum absolute atomic E-state index is 12.8. The molecule has 3 aliphatic rings. The molecule has 1 aromatic carbocycles. The zero-order valence-electron chi connectivity index (χ0n) is 15.8. The number of aromatic nitrogens is 1. The first-order chi connectivity index (χ1) is 13.7. The number of benzene rings is 1. The summed E-state index contributed by atoms with van der Waals surface area (Å²) in [4.78, 5) is 18.7. The summed E-state index contributed by atoms with van der Waals surface area (Å²) in [6.07, 6.45) is 5.68. The third-order valence-corrected chi connectivity index (χ3v) is 5.88. The number of para-hydroxylation sites is 1.